The monoisotopic (exact) mass is 302 g/mol. The molecule has 0 aliphatic carbocycles. The van der Waals surface area contributed by atoms with Crippen LogP contribution < -0.4 is 4.74 Å². The molecule has 0 aliphatic heterocycles. The first-order valence-electron chi connectivity index (χ1n) is 7.62. The summed E-state index contributed by atoms with van der Waals surface area (Å²) in [4.78, 5) is 11.8. The van der Waals surface area contributed by atoms with Crippen LogP contribution in [0.25, 0.3) is 0 Å². The third-order valence-corrected chi connectivity index (χ3v) is 3.72. The van der Waals surface area contributed by atoms with E-state index in [0.717, 1.165) is 11.1 Å². The number of hydrogen-bond donors (Lipinski definition) is 0. The van der Waals surface area contributed by atoms with Crippen molar-refractivity contribution in [1.29, 1.82) is 0 Å². The van der Waals surface area contributed by atoms with Crippen LogP contribution in [0, 0.1) is 0 Å². The molecule has 0 aliphatic rings. The van der Waals surface area contributed by atoms with Gasteiger partial charge in [-0.25, -0.2) is 0 Å². The van der Waals surface area contributed by atoms with Crippen LogP contribution in [0.4, 0.5) is 0 Å². The lowest BCUT2D eigenvalue weighted by atomic mass is 10.0. The molecule has 0 atom stereocenters. The molecule has 0 spiro atoms. The first-order valence-corrected chi connectivity index (χ1v) is 7.62. The molecule has 2 nitrogen and oxygen atoms in total. The molecular weight excluding hydrogens is 284 g/mol. The summed E-state index contributed by atoms with van der Waals surface area (Å²) in [5.41, 5.74) is 2.71. The third-order valence-electron chi connectivity index (χ3n) is 3.72. The van der Waals surface area contributed by atoms with E-state index in [1.165, 1.54) is 0 Å². The number of carbonyl (C=O) groups excluding carboxylic acids is 1. The van der Waals surface area contributed by atoms with Crippen LogP contribution in [-0.4, -0.2) is 5.78 Å². The van der Waals surface area contributed by atoms with Crippen molar-refractivity contribution < 1.29 is 9.53 Å². The van der Waals surface area contributed by atoms with Crippen LogP contribution in [0.2, 0.25) is 0 Å². The second-order valence-corrected chi connectivity index (χ2v) is 5.37. The van der Waals surface area contributed by atoms with Gasteiger partial charge in [-0.1, -0.05) is 72.8 Å². The van der Waals surface area contributed by atoms with E-state index in [-0.39, 0.29) is 11.9 Å². The van der Waals surface area contributed by atoms with E-state index in [9.17, 15) is 4.79 Å². The van der Waals surface area contributed by atoms with Crippen LogP contribution in [0.15, 0.2) is 84.9 Å². The van der Waals surface area contributed by atoms with Gasteiger partial charge in [0.25, 0.3) is 0 Å². The first-order chi connectivity index (χ1) is 11.3. The SMILES string of the molecule is CC(=O)c1ccccc1OC(c1ccccc1)c1ccccc1. The van der Waals surface area contributed by atoms with E-state index in [0.29, 0.717) is 11.3 Å². The molecule has 3 aromatic carbocycles. The first kappa shape index (κ1) is 15.0. The molecule has 0 fully saturated rings. The molecule has 0 radical (unpaired) electrons. The summed E-state index contributed by atoms with van der Waals surface area (Å²) in [5, 5.41) is 0. The van der Waals surface area contributed by atoms with Crippen LogP contribution in [0.5, 0.6) is 5.75 Å². The second-order valence-electron chi connectivity index (χ2n) is 5.37. The average Bonchev–Trinajstić information content (AvgIpc) is 2.61. The molecular formula is C21H18O2. The zero-order valence-electron chi connectivity index (χ0n) is 13.0. The van der Waals surface area contributed by atoms with Crippen molar-refractivity contribution >= 4 is 5.78 Å². The molecule has 3 aromatic rings. The second kappa shape index (κ2) is 6.93. The highest BCUT2D eigenvalue weighted by Crippen LogP contribution is 2.30. The van der Waals surface area contributed by atoms with E-state index < -0.39 is 0 Å². The van der Waals surface area contributed by atoms with E-state index >= 15 is 0 Å². The van der Waals surface area contributed by atoms with Gasteiger partial charge in [-0.05, 0) is 30.2 Å². The average molecular weight is 302 g/mol. The number of benzene rings is 3. The zero-order valence-corrected chi connectivity index (χ0v) is 13.0. The lowest BCUT2D eigenvalue weighted by molar-refractivity contribution is 0.101. The molecule has 0 amide bonds. The minimum Gasteiger partial charge on any atom is -0.480 e. The number of Topliss-reactive ketones (excluding diaryl/α,β-unsaturated/α-hetero) is 1. The molecule has 0 saturated carbocycles. The molecule has 3 rings (SSSR count). The number of ether oxygens (including phenoxy) is 1. The molecule has 0 bridgehead atoms. The van der Waals surface area contributed by atoms with Gasteiger partial charge in [0, 0.05) is 0 Å². The number of rotatable bonds is 5. The topological polar surface area (TPSA) is 26.3 Å². The molecule has 0 heterocycles. The Morgan fingerprint density at radius 2 is 1.22 bits per heavy atom. The van der Waals surface area contributed by atoms with Gasteiger partial charge in [-0.15, -0.1) is 0 Å². The summed E-state index contributed by atoms with van der Waals surface area (Å²) in [6.45, 7) is 1.56. The van der Waals surface area contributed by atoms with Gasteiger partial charge in [0.2, 0.25) is 0 Å². The minimum atomic E-state index is -0.252. The van der Waals surface area contributed by atoms with E-state index in [1.54, 1.807) is 13.0 Å². The fraction of sp³-hybridized carbons (Fsp3) is 0.0952. The van der Waals surface area contributed by atoms with Gasteiger partial charge in [0.05, 0.1) is 5.56 Å². The number of hydrogen-bond acceptors (Lipinski definition) is 2. The summed E-state index contributed by atoms with van der Waals surface area (Å²) >= 11 is 0. The molecule has 2 heteroatoms. The smallest absolute Gasteiger partial charge is 0.163 e. The molecule has 23 heavy (non-hydrogen) atoms. The highest BCUT2D eigenvalue weighted by molar-refractivity contribution is 5.96. The highest BCUT2D eigenvalue weighted by Gasteiger charge is 2.18. The molecule has 0 saturated heterocycles. The quantitative estimate of drug-likeness (QED) is 0.616. The number of ketones is 1. The Labute approximate surface area is 136 Å². The summed E-state index contributed by atoms with van der Waals surface area (Å²) < 4.78 is 6.26. The van der Waals surface area contributed by atoms with Gasteiger partial charge in [-0.2, -0.15) is 0 Å². The van der Waals surface area contributed by atoms with E-state index in [4.69, 9.17) is 4.74 Å². The van der Waals surface area contributed by atoms with Gasteiger partial charge in [-0.3, -0.25) is 4.79 Å². The summed E-state index contributed by atoms with van der Waals surface area (Å²) in [6.07, 6.45) is -0.252. The maximum absolute atomic E-state index is 11.8. The fourth-order valence-corrected chi connectivity index (χ4v) is 2.57. The molecule has 114 valence electrons. The van der Waals surface area contributed by atoms with Crippen LogP contribution in [0.3, 0.4) is 0 Å². The van der Waals surface area contributed by atoms with Crippen LogP contribution in [0.1, 0.15) is 34.5 Å². The largest absolute Gasteiger partial charge is 0.480 e. The predicted molar refractivity (Wildman–Crippen MR) is 91.8 cm³/mol. The Hall–Kier alpha value is -2.87. The van der Waals surface area contributed by atoms with Crippen molar-refractivity contribution in [1.82, 2.24) is 0 Å². The number of para-hydroxylation sites is 1. The maximum atomic E-state index is 11.8. The minimum absolute atomic E-state index is 0.000438. The normalized spacial score (nSPS) is 10.5. The van der Waals surface area contributed by atoms with Gasteiger partial charge in [0.1, 0.15) is 11.9 Å². The Morgan fingerprint density at radius 1 is 0.739 bits per heavy atom. The van der Waals surface area contributed by atoms with E-state index in [1.807, 2.05) is 78.9 Å². The standard InChI is InChI=1S/C21H18O2/c1-16(22)19-14-8-9-15-20(19)23-21(17-10-4-2-5-11-17)18-12-6-3-7-13-18/h2-15,21H,1H3. The summed E-state index contributed by atoms with van der Waals surface area (Å²) in [6, 6.07) is 27.4. The van der Waals surface area contributed by atoms with Crippen molar-refractivity contribution in [3.8, 4) is 5.75 Å². The van der Waals surface area contributed by atoms with Crippen molar-refractivity contribution in [2.24, 2.45) is 0 Å². The van der Waals surface area contributed by atoms with Gasteiger partial charge < -0.3 is 4.74 Å². The van der Waals surface area contributed by atoms with Gasteiger partial charge >= 0.3 is 0 Å². The zero-order chi connectivity index (χ0) is 16.1. The fourth-order valence-electron chi connectivity index (χ4n) is 2.57. The Morgan fingerprint density at radius 3 is 1.74 bits per heavy atom. The molecule has 0 N–H and O–H groups in total. The lowest BCUT2D eigenvalue weighted by Crippen LogP contribution is -2.11. The molecule has 0 unspecified atom stereocenters. The van der Waals surface area contributed by atoms with Crippen LogP contribution >= 0.6 is 0 Å². The lowest BCUT2D eigenvalue weighted by Gasteiger charge is -2.21. The van der Waals surface area contributed by atoms with Crippen LogP contribution in [-0.2, 0) is 0 Å². The van der Waals surface area contributed by atoms with Crippen molar-refractivity contribution in [2.75, 3.05) is 0 Å². The third kappa shape index (κ3) is 3.49. The maximum Gasteiger partial charge on any atom is 0.163 e. The highest BCUT2D eigenvalue weighted by atomic mass is 16.5. The van der Waals surface area contributed by atoms with E-state index in [2.05, 4.69) is 0 Å². The van der Waals surface area contributed by atoms with Crippen molar-refractivity contribution in [3.05, 3.63) is 102 Å². The Kier molecular flexibility index (Phi) is 4.53. The van der Waals surface area contributed by atoms with Crippen molar-refractivity contribution in [3.63, 3.8) is 0 Å². The predicted octanol–water partition coefficient (Wildman–Crippen LogP) is 5.06. The molecule has 0 aromatic heterocycles. The Bertz CT molecular complexity index is 740. The summed E-state index contributed by atoms with van der Waals surface area (Å²) in [5.74, 6) is 0.609. The Balaban J connectivity index is 2.02. The van der Waals surface area contributed by atoms with Crippen molar-refractivity contribution in [2.45, 2.75) is 13.0 Å². The summed E-state index contributed by atoms with van der Waals surface area (Å²) in [7, 11) is 0. The number of carbonyl (C=O) groups is 1. The van der Waals surface area contributed by atoms with Gasteiger partial charge in [0.15, 0.2) is 5.78 Å².